The van der Waals surface area contributed by atoms with Crippen LogP contribution < -0.4 is 10.1 Å². The molecule has 2 fully saturated rings. The van der Waals surface area contributed by atoms with Gasteiger partial charge in [-0.3, -0.25) is 9.69 Å². The van der Waals surface area contributed by atoms with Crippen molar-refractivity contribution in [1.82, 2.24) is 9.80 Å². The van der Waals surface area contributed by atoms with Crippen LogP contribution in [0.2, 0.25) is 0 Å². The van der Waals surface area contributed by atoms with Gasteiger partial charge in [-0.05, 0) is 74.8 Å². The number of aryl methyl sites for hydroxylation is 1. The second-order valence-corrected chi connectivity index (χ2v) is 9.79. The van der Waals surface area contributed by atoms with Crippen LogP contribution in [0.15, 0.2) is 35.7 Å². The Labute approximate surface area is 184 Å². The maximum Gasteiger partial charge on any atom is 0.228 e. The number of likely N-dealkylation sites (tertiary alicyclic amines) is 2. The molecule has 162 valence electrons. The molecule has 2 saturated heterocycles. The number of anilines is 1. The summed E-state index contributed by atoms with van der Waals surface area (Å²) in [5, 5.41) is 5.29. The van der Waals surface area contributed by atoms with Crippen molar-refractivity contribution >= 4 is 22.9 Å². The number of nitrogens with one attached hydrogen (secondary N) is 1. The molecule has 5 nitrogen and oxygen atoms in total. The van der Waals surface area contributed by atoms with E-state index in [-0.39, 0.29) is 11.8 Å². The maximum absolute atomic E-state index is 13.0. The van der Waals surface area contributed by atoms with Crippen LogP contribution in [0, 0.1) is 18.8 Å². The van der Waals surface area contributed by atoms with Crippen LogP contribution in [0.25, 0.3) is 0 Å². The molecule has 3 atom stereocenters. The van der Waals surface area contributed by atoms with Crippen LogP contribution in [-0.2, 0) is 11.3 Å². The van der Waals surface area contributed by atoms with E-state index >= 15 is 0 Å². The zero-order valence-corrected chi connectivity index (χ0v) is 19.1. The number of carbonyl (C=O) groups excluding carboxylic acids is 1. The van der Waals surface area contributed by atoms with E-state index < -0.39 is 0 Å². The van der Waals surface area contributed by atoms with E-state index in [0.29, 0.717) is 17.7 Å². The second kappa shape index (κ2) is 9.50. The topological polar surface area (TPSA) is 44.8 Å². The summed E-state index contributed by atoms with van der Waals surface area (Å²) in [7, 11) is 3.82. The Hall–Kier alpha value is -1.89. The molecule has 3 heterocycles. The van der Waals surface area contributed by atoms with Gasteiger partial charge in [0.25, 0.3) is 0 Å². The number of hydrogen-bond acceptors (Lipinski definition) is 5. The highest BCUT2D eigenvalue weighted by molar-refractivity contribution is 7.10. The molecule has 0 saturated carbocycles. The molecule has 4 rings (SSSR count). The molecule has 0 bridgehead atoms. The number of hydrogen-bond donors (Lipinski definition) is 1. The summed E-state index contributed by atoms with van der Waals surface area (Å²) in [5.41, 5.74) is 2.17. The lowest BCUT2D eigenvalue weighted by molar-refractivity contribution is -0.119. The number of piperidine rings is 1. The summed E-state index contributed by atoms with van der Waals surface area (Å²) in [6, 6.07) is 10.3. The number of methoxy groups -OCH3 is 1. The van der Waals surface area contributed by atoms with Gasteiger partial charge in [0, 0.05) is 30.6 Å². The number of carbonyl (C=O) groups is 1. The van der Waals surface area contributed by atoms with E-state index in [4.69, 9.17) is 4.74 Å². The van der Waals surface area contributed by atoms with Gasteiger partial charge in [0.1, 0.15) is 5.75 Å². The summed E-state index contributed by atoms with van der Waals surface area (Å²) in [5.74, 6) is 1.48. The van der Waals surface area contributed by atoms with Gasteiger partial charge in [0.15, 0.2) is 0 Å². The summed E-state index contributed by atoms with van der Waals surface area (Å²) < 4.78 is 5.38. The van der Waals surface area contributed by atoms with Crippen LogP contribution in [0.5, 0.6) is 5.75 Å². The van der Waals surface area contributed by atoms with Crippen molar-refractivity contribution in [2.45, 2.75) is 38.8 Å². The summed E-state index contributed by atoms with van der Waals surface area (Å²) in [4.78, 5) is 19.5. The van der Waals surface area contributed by atoms with Gasteiger partial charge in [-0.2, -0.15) is 0 Å². The monoisotopic (exact) mass is 427 g/mol. The Morgan fingerprint density at radius 1 is 1.27 bits per heavy atom. The van der Waals surface area contributed by atoms with Crippen molar-refractivity contribution in [3.63, 3.8) is 0 Å². The number of rotatable bonds is 6. The minimum atomic E-state index is 0.0276. The minimum absolute atomic E-state index is 0.0276. The van der Waals surface area contributed by atoms with E-state index in [2.05, 4.69) is 40.5 Å². The average Bonchev–Trinajstić information content (AvgIpc) is 3.34. The fourth-order valence-corrected chi connectivity index (χ4v) is 6.02. The molecule has 30 heavy (non-hydrogen) atoms. The standard InChI is InChI=1S/C24H33N3O2S/c1-17-10-12-30-23(17)16-27-11-6-7-18(15-27)21-13-19(14-26(21)2)24(28)25-20-8-4-5-9-22(20)29-3/h4-5,8-10,12,18-19,21H,6-7,11,13-16H2,1-3H3,(H,25,28)/t18-,19-,21+/m1/s1. The normalized spacial score (nSPS) is 25.4. The SMILES string of the molecule is COc1ccccc1NC(=O)[C@@H]1C[C@@H]([C@@H]2CCCN(Cc3sccc3C)C2)N(C)C1. The van der Waals surface area contributed by atoms with Crippen LogP contribution >= 0.6 is 11.3 Å². The molecule has 2 aromatic rings. The fourth-order valence-electron chi connectivity index (χ4n) is 5.07. The highest BCUT2D eigenvalue weighted by Gasteiger charge is 2.39. The molecule has 2 aliphatic heterocycles. The number of benzene rings is 1. The van der Waals surface area contributed by atoms with Gasteiger partial charge in [-0.1, -0.05) is 12.1 Å². The first-order chi connectivity index (χ1) is 14.5. The Kier molecular flexibility index (Phi) is 6.76. The van der Waals surface area contributed by atoms with Crippen LogP contribution in [-0.4, -0.2) is 55.5 Å². The Bertz CT molecular complexity index is 868. The minimum Gasteiger partial charge on any atom is -0.495 e. The molecule has 1 aromatic heterocycles. The molecule has 0 radical (unpaired) electrons. The van der Waals surface area contributed by atoms with Crippen LogP contribution in [0.1, 0.15) is 29.7 Å². The van der Waals surface area contributed by atoms with E-state index in [9.17, 15) is 4.79 Å². The third kappa shape index (κ3) is 4.71. The van der Waals surface area contributed by atoms with Gasteiger partial charge in [0.2, 0.25) is 5.91 Å². The van der Waals surface area contributed by atoms with Crippen molar-refractivity contribution in [2.75, 3.05) is 39.1 Å². The zero-order chi connectivity index (χ0) is 21.1. The van der Waals surface area contributed by atoms with Crippen LogP contribution in [0.3, 0.4) is 0 Å². The van der Waals surface area contributed by atoms with Crippen LogP contribution in [0.4, 0.5) is 5.69 Å². The lowest BCUT2D eigenvalue weighted by Crippen LogP contribution is -2.43. The number of para-hydroxylation sites is 2. The van der Waals surface area contributed by atoms with Gasteiger partial charge < -0.3 is 15.0 Å². The predicted octanol–water partition coefficient (Wildman–Crippen LogP) is 4.24. The first kappa shape index (κ1) is 21.3. The maximum atomic E-state index is 13.0. The average molecular weight is 428 g/mol. The lowest BCUT2D eigenvalue weighted by Gasteiger charge is -2.38. The Balaban J connectivity index is 1.36. The molecule has 1 N–H and O–H groups in total. The first-order valence-corrected chi connectivity index (χ1v) is 11.8. The molecule has 2 aliphatic rings. The number of ether oxygens (including phenoxy) is 1. The molecule has 0 unspecified atom stereocenters. The molecule has 1 amide bonds. The van der Waals surface area contributed by atoms with Gasteiger partial charge in [-0.15, -0.1) is 11.3 Å². The van der Waals surface area contributed by atoms with E-state index in [1.807, 2.05) is 35.6 Å². The van der Waals surface area contributed by atoms with Crippen molar-refractivity contribution in [1.29, 1.82) is 0 Å². The molecule has 6 heteroatoms. The first-order valence-electron chi connectivity index (χ1n) is 10.9. The quantitative estimate of drug-likeness (QED) is 0.749. The van der Waals surface area contributed by atoms with Gasteiger partial charge in [-0.25, -0.2) is 0 Å². The number of thiophene rings is 1. The summed E-state index contributed by atoms with van der Waals surface area (Å²) in [6.07, 6.45) is 3.45. The lowest BCUT2D eigenvalue weighted by atomic mass is 9.87. The molecular weight excluding hydrogens is 394 g/mol. The highest BCUT2D eigenvalue weighted by Crippen LogP contribution is 2.34. The highest BCUT2D eigenvalue weighted by atomic mass is 32.1. The van der Waals surface area contributed by atoms with E-state index in [1.54, 1.807) is 7.11 Å². The molecular formula is C24H33N3O2S. The smallest absolute Gasteiger partial charge is 0.228 e. The van der Waals surface area contributed by atoms with Crippen molar-refractivity contribution in [3.8, 4) is 5.75 Å². The van der Waals surface area contributed by atoms with Gasteiger partial charge in [0.05, 0.1) is 18.7 Å². The van der Waals surface area contributed by atoms with Crippen molar-refractivity contribution in [2.24, 2.45) is 11.8 Å². The Morgan fingerprint density at radius 3 is 2.87 bits per heavy atom. The fraction of sp³-hybridized carbons (Fsp3) is 0.542. The summed E-state index contributed by atoms with van der Waals surface area (Å²) >= 11 is 1.87. The Morgan fingerprint density at radius 2 is 2.10 bits per heavy atom. The predicted molar refractivity (Wildman–Crippen MR) is 123 cm³/mol. The zero-order valence-electron chi connectivity index (χ0n) is 18.3. The van der Waals surface area contributed by atoms with E-state index in [1.165, 1.54) is 29.8 Å². The number of nitrogens with zero attached hydrogens (tertiary/aromatic N) is 2. The van der Waals surface area contributed by atoms with Gasteiger partial charge >= 0.3 is 0 Å². The van der Waals surface area contributed by atoms with Crippen molar-refractivity contribution < 1.29 is 9.53 Å². The largest absolute Gasteiger partial charge is 0.495 e. The van der Waals surface area contributed by atoms with E-state index in [0.717, 1.165) is 31.7 Å². The molecule has 0 aliphatic carbocycles. The summed E-state index contributed by atoms with van der Waals surface area (Å²) in [6.45, 7) is 6.42. The van der Waals surface area contributed by atoms with Crippen molar-refractivity contribution in [3.05, 3.63) is 46.2 Å². The number of amides is 1. The third-order valence-corrected chi connectivity index (χ3v) is 7.77. The second-order valence-electron chi connectivity index (χ2n) is 8.79. The molecule has 1 aromatic carbocycles. The third-order valence-electron chi connectivity index (χ3n) is 6.76. The molecule has 0 spiro atoms.